The van der Waals surface area contributed by atoms with Crippen molar-refractivity contribution in [2.24, 2.45) is 0 Å². The van der Waals surface area contributed by atoms with Crippen molar-refractivity contribution in [1.82, 2.24) is 9.80 Å². The van der Waals surface area contributed by atoms with Crippen LogP contribution in [0.15, 0.2) is 30.3 Å². The van der Waals surface area contributed by atoms with E-state index < -0.39 is 0 Å². The van der Waals surface area contributed by atoms with Crippen molar-refractivity contribution in [1.29, 1.82) is 0 Å². The summed E-state index contributed by atoms with van der Waals surface area (Å²) >= 11 is 0. The molecule has 0 radical (unpaired) electrons. The molecule has 21 heavy (non-hydrogen) atoms. The molecular formula is C17H26N2O2. The summed E-state index contributed by atoms with van der Waals surface area (Å²) in [4.78, 5) is 16.4. The average molecular weight is 290 g/mol. The molecule has 0 N–H and O–H groups in total. The van der Waals surface area contributed by atoms with Gasteiger partial charge in [0.1, 0.15) is 0 Å². The number of hydrogen-bond acceptors (Lipinski definition) is 2. The third-order valence-corrected chi connectivity index (χ3v) is 4.09. The number of carbonyl (C=O) groups is 1. The molecule has 1 aliphatic rings. The van der Waals surface area contributed by atoms with E-state index in [-0.39, 0.29) is 18.2 Å². The Morgan fingerprint density at radius 3 is 2.57 bits per heavy atom. The Morgan fingerprint density at radius 1 is 1.29 bits per heavy atom. The molecule has 2 amide bonds. The van der Waals surface area contributed by atoms with Crippen molar-refractivity contribution >= 4 is 6.03 Å². The molecular weight excluding hydrogens is 264 g/mol. The standard InChI is InChI=1S/C17H26N2O2/c1-4-18(5-2)17(20)19-12-16(21-13-14(19)3)11-15-9-7-6-8-10-15/h6-10,14,16H,4-5,11-13H2,1-3H3. The van der Waals surface area contributed by atoms with E-state index >= 15 is 0 Å². The lowest BCUT2D eigenvalue weighted by atomic mass is 10.1. The summed E-state index contributed by atoms with van der Waals surface area (Å²) in [5, 5.41) is 0. The summed E-state index contributed by atoms with van der Waals surface area (Å²) < 4.78 is 5.91. The molecule has 1 fully saturated rings. The predicted octanol–water partition coefficient (Wildman–Crippen LogP) is 2.78. The Labute approximate surface area is 127 Å². The molecule has 116 valence electrons. The molecule has 1 heterocycles. The predicted molar refractivity (Wildman–Crippen MR) is 84.4 cm³/mol. The van der Waals surface area contributed by atoms with Crippen LogP contribution < -0.4 is 0 Å². The van der Waals surface area contributed by atoms with Gasteiger partial charge < -0.3 is 14.5 Å². The first-order chi connectivity index (χ1) is 10.2. The third kappa shape index (κ3) is 3.97. The maximum Gasteiger partial charge on any atom is 0.320 e. The van der Waals surface area contributed by atoms with E-state index in [9.17, 15) is 4.79 Å². The van der Waals surface area contributed by atoms with E-state index in [1.165, 1.54) is 5.56 Å². The van der Waals surface area contributed by atoms with Crippen LogP contribution in [0.1, 0.15) is 26.3 Å². The highest BCUT2D eigenvalue weighted by Gasteiger charge is 2.31. The van der Waals surface area contributed by atoms with Gasteiger partial charge in [0.25, 0.3) is 0 Å². The summed E-state index contributed by atoms with van der Waals surface area (Å²) in [6.45, 7) is 8.89. The molecule has 4 nitrogen and oxygen atoms in total. The fraction of sp³-hybridized carbons (Fsp3) is 0.588. The fourth-order valence-electron chi connectivity index (χ4n) is 2.76. The van der Waals surface area contributed by atoms with E-state index in [0.717, 1.165) is 19.5 Å². The van der Waals surface area contributed by atoms with E-state index in [2.05, 4.69) is 19.1 Å². The number of benzene rings is 1. The van der Waals surface area contributed by atoms with Crippen LogP contribution in [0, 0.1) is 0 Å². The second-order valence-electron chi connectivity index (χ2n) is 5.60. The molecule has 0 aliphatic carbocycles. The topological polar surface area (TPSA) is 32.8 Å². The first-order valence-corrected chi connectivity index (χ1v) is 7.86. The van der Waals surface area contributed by atoms with Crippen molar-refractivity contribution in [2.45, 2.75) is 39.3 Å². The number of nitrogens with zero attached hydrogens (tertiary/aromatic N) is 2. The quantitative estimate of drug-likeness (QED) is 0.854. The number of carbonyl (C=O) groups excluding carboxylic acids is 1. The Morgan fingerprint density at radius 2 is 1.95 bits per heavy atom. The smallest absolute Gasteiger partial charge is 0.320 e. The Balaban J connectivity index is 2.00. The van der Waals surface area contributed by atoms with Gasteiger partial charge in [-0.1, -0.05) is 30.3 Å². The van der Waals surface area contributed by atoms with Crippen LogP contribution in [0.2, 0.25) is 0 Å². The SMILES string of the molecule is CCN(CC)C(=O)N1CC(Cc2ccccc2)OCC1C. The highest BCUT2D eigenvalue weighted by atomic mass is 16.5. The minimum absolute atomic E-state index is 0.0862. The van der Waals surface area contributed by atoms with Crippen molar-refractivity contribution in [3.63, 3.8) is 0 Å². The fourth-order valence-corrected chi connectivity index (χ4v) is 2.76. The number of urea groups is 1. The Bertz CT molecular complexity index is 445. The zero-order chi connectivity index (χ0) is 15.2. The maximum atomic E-state index is 12.6. The number of rotatable bonds is 4. The zero-order valence-corrected chi connectivity index (χ0v) is 13.3. The van der Waals surface area contributed by atoms with Crippen molar-refractivity contribution in [3.8, 4) is 0 Å². The molecule has 0 bridgehead atoms. The van der Waals surface area contributed by atoms with Crippen LogP contribution in [-0.2, 0) is 11.2 Å². The van der Waals surface area contributed by atoms with Gasteiger partial charge in [0.05, 0.1) is 18.8 Å². The Kier molecular flexibility index (Phi) is 5.62. The van der Waals surface area contributed by atoms with Gasteiger partial charge in [-0.15, -0.1) is 0 Å². The van der Waals surface area contributed by atoms with Crippen LogP contribution in [-0.4, -0.2) is 54.2 Å². The van der Waals surface area contributed by atoms with Gasteiger partial charge in [0.15, 0.2) is 0 Å². The molecule has 1 saturated heterocycles. The van der Waals surface area contributed by atoms with Gasteiger partial charge in [-0.2, -0.15) is 0 Å². The Hall–Kier alpha value is -1.55. The summed E-state index contributed by atoms with van der Waals surface area (Å²) in [5.74, 6) is 0. The van der Waals surface area contributed by atoms with Crippen LogP contribution in [0.4, 0.5) is 4.79 Å². The van der Waals surface area contributed by atoms with Crippen LogP contribution in [0.3, 0.4) is 0 Å². The van der Waals surface area contributed by atoms with E-state index in [4.69, 9.17) is 4.74 Å². The molecule has 0 saturated carbocycles. The van der Waals surface area contributed by atoms with Gasteiger partial charge in [-0.3, -0.25) is 0 Å². The lowest BCUT2D eigenvalue weighted by Gasteiger charge is -2.40. The van der Waals surface area contributed by atoms with Crippen LogP contribution in [0.25, 0.3) is 0 Å². The number of ether oxygens (including phenoxy) is 1. The van der Waals surface area contributed by atoms with Crippen molar-refractivity contribution in [3.05, 3.63) is 35.9 Å². The van der Waals surface area contributed by atoms with E-state index in [1.54, 1.807) is 0 Å². The molecule has 1 aromatic rings. The minimum atomic E-state index is 0.0862. The van der Waals surface area contributed by atoms with Gasteiger partial charge in [-0.05, 0) is 26.3 Å². The number of morpholine rings is 1. The summed E-state index contributed by atoms with van der Waals surface area (Å²) in [6.07, 6.45) is 0.943. The molecule has 1 aromatic carbocycles. The summed E-state index contributed by atoms with van der Waals surface area (Å²) in [7, 11) is 0. The lowest BCUT2D eigenvalue weighted by molar-refractivity contribution is -0.0450. The molecule has 2 unspecified atom stereocenters. The number of hydrogen-bond donors (Lipinski definition) is 0. The molecule has 0 spiro atoms. The first kappa shape index (κ1) is 15.8. The molecule has 0 aromatic heterocycles. The highest BCUT2D eigenvalue weighted by Crippen LogP contribution is 2.17. The van der Waals surface area contributed by atoms with Gasteiger partial charge in [0, 0.05) is 26.1 Å². The second-order valence-corrected chi connectivity index (χ2v) is 5.60. The van der Waals surface area contributed by atoms with Gasteiger partial charge in [-0.25, -0.2) is 4.79 Å². The zero-order valence-electron chi connectivity index (χ0n) is 13.3. The van der Waals surface area contributed by atoms with Crippen molar-refractivity contribution in [2.75, 3.05) is 26.2 Å². The normalized spacial score (nSPS) is 22.1. The minimum Gasteiger partial charge on any atom is -0.374 e. The van der Waals surface area contributed by atoms with Crippen molar-refractivity contribution < 1.29 is 9.53 Å². The summed E-state index contributed by atoms with van der Waals surface area (Å²) in [6, 6.07) is 10.6. The maximum absolute atomic E-state index is 12.6. The van der Waals surface area contributed by atoms with Gasteiger partial charge in [0.2, 0.25) is 0 Å². The van der Waals surface area contributed by atoms with Crippen LogP contribution in [0.5, 0.6) is 0 Å². The first-order valence-electron chi connectivity index (χ1n) is 7.86. The largest absolute Gasteiger partial charge is 0.374 e. The van der Waals surface area contributed by atoms with E-state index in [0.29, 0.717) is 13.2 Å². The monoisotopic (exact) mass is 290 g/mol. The van der Waals surface area contributed by atoms with Crippen LogP contribution >= 0.6 is 0 Å². The average Bonchev–Trinajstić information content (AvgIpc) is 2.51. The lowest BCUT2D eigenvalue weighted by Crippen LogP contribution is -2.55. The number of amides is 2. The highest BCUT2D eigenvalue weighted by molar-refractivity contribution is 5.74. The summed E-state index contributed by atoms with van der Waals surface area (Å²) in [5.41, 5.74) is 1.26. The second kappa shape index (κ2) is 7.46. The van der Waals surface area contributed by atoms with E-state index in [1.807, 2.05) is 41.8 Å². The molecule has 4 heteroatoms. The third-order valence-electron chi connectivity index (χ3n) is 4.09. The molecule has 1 aliphatic heterocycles. The molecule has 2 atom stereocenters. The molecule has 2 rings (SSSR count). The van der Waals surface area contributed by atoms with Gasteiger partial charge >= 0.3 is 6.03 Å².